The second-order valence-electron chi connectivity index (χ2n) is 6.53. The van der Waals surface area contributed by atoms with Crippen LogP contribution in [0.25, 0.3) is 0 Å². The van der Waals surface area contributed by atoms with Crippen LogP contribution in [0.1, 0.15) is 31.0 Å². The molecule has 2 heterocycles. The van der Waals surface area contributed by atoms with Gasteiger partial charge in [0.15, 0.2) is 0 Å². The maximum absolute atomic E-state index is 12.1. The Morgan fingerprint density at radius 2 is 2.29 bits per heavy atom. The second kappa shape index (κ2) is 4.57. The van der Waals surface area contributed by atoms with Gasteiger partial charge in [-0.3, -0.25) is 4.79 Å². The molecule has 0 unspecified atom stereocenters. The standard InChI is InChI=1S/C16H18INO3/c1-8-5-9-6-11-10(3-4-12(18-11)20-2)16(9)7-13(19)21-15(16)14(8)17/h3-4,8-9,14-15H,5-7H2,1-2H3/t8-,9+,14+,15-,16+/m0/s1. The Kier molecular flexibility index (Phi) is 3.00. The molecule has 0 bridgehead atoms. The fourth-order valence-corrected chi connectivity index (χ4v) is 5.66. The minimum absolute atomic E-state index is 0.00389. The van der Waals surface area contributed by atoms with Crippen molar-refractivity contribution in [1.82, 2.24) is 4.98 Å². The number of halogens is 1. The van der Waals surface area contributed by atoms with Crippen LogP contribution in [0.3, 0.4) is 0 Å². The van der Waals surface area contributed by atoms with Crippen LogP contribution in [0.2, 0.25) is 0 Å². The van der Waals surface area contributed by atoms with Gasteiger partial charge in [-0.05, 0) is 30.2 Å². The van der Waals surface area contributed by atoms with Crippen molar-refractivity contribution in [2.24, 2.45) is 11.8 Å². The van der Waals surface area contributed by atoms with Gasteiger partial charge in [0.25, 0.3) is 0 Å². The number of methoxy groups -OCH3 is 1. The van der Waals surface area contributed by atoms with Gasteiger partial charge < -0.3 is 9.47 Å². The number of carbonyl (C=O) groups is 1. The maximum Gasteiger partial charge on any atom is 0.307 e. The summed E-state index contributed by atoms with van der Waals surface area (Å²) in [5.74, 6) is 1.63. The number of alkyl halides is 1. The van der Waals surface area contributed by atoms with Crippen molar-refractivity contribution < 1.29 is 14.3 Å². The Hall–Kier alpha value is -0.850. The Balaban J connectivity index is 1.87. The lowest BCUT2D eigenvalue weighted by Crippen LogP contribution is -2.51. The second-order valence-corrected chi connectivity index (χ2v) is 7.97. The molecule has 1 aliphatic heterocycles. The summed E-state index contributed by atoms with van der Waals surface area (Å²) in [7, 11) is 1.64. The summed E-state index contributed by atoms with van der Waals surface area (Å²) in [5, 5.41) is 0. The Morgan fingerprint density at radius 3 is 3.05 bits per heavy atom. The van der Waals surface area contributed by atoms with Gasteiger partial charge in [-0.25, -0.2) is 4.98 Å². The van der Waals surface area contributed by atoms with E-state index in [1.165, 1.54) is 5.56 Å². The Bertz CT molecular complexity index is 620. The number of carbonyl (C=O) groups excluding carboxylic acids is 1. The van der Waals surface area contributed by atoms with Crippen molar-refractivity contribution in [1.29, 1.82) is 0 Å². The van der Waals surface area contributed by atoms with E-state index in [-0.39, 0.29) is 17.5 Å². The molecule has 1 spiro atoms. The van der Waals surface area contributed by atoms with E-state index in [0.717, 1.165) is 18.5 Å². The lowest BCUT2D eigenvalue weighted by molar-refractivity contribution is -0.142. The lowest BCUT2D eigenvalue weighted by Gasteiger charge is -2.45. The molecule has 112 valence electrons. The zero-order valence-corrected chi connectivity index (χ0v) is 14.3. The smallest absolute Gasteiger partial charge is 0.307 e. The molecular weight excluding hydrogens is 381 g/mol. The molecule has 5 atom stereocenters. The van der Waals surface area contributed by atoms with Crippen LogP contribution in [0.15, 0.2) is 12.1 Å². The number of esters is 1. The summed E-state index contributed by atoms with van der Waals surface area (Å²) in [6.07, 6.45) is 2.58. The first-order chi connectivity index (χ1) is 10.1. The van der Waals surface area contributed by atoms with E-state index in [4.69, 9.17) is 9.47 Å². The van der Waals surface area contributed by atoms with Crippen LogP contribution in [-0.4, -0.2) is 28.1 Å². The Labute approximate surface area is 137 Å². The molecular formula is C16H18INO3. The van der Waals surface area contributed by atoms with Crippen LogP contribution in [0.5, 0.6) is 5.88 Å². The molecule has 1 aromatic rings. The predicted octanol–water partition coefficient (Wildman–Crippen LogP) is 2.66. The van der Waals surface area contributed by atoms with Gasteiger partial charge in [0.2, 0.25) is 5.88 Å². The lowest BCUT2D eigenvalue weighted by atomic mass is 9.61. The number of pyridine rings is 1. The summed E-state index contributed by atoms with van der Waals surface area (Å²) in [5.41, 5.74) is 2.17. The summed E-state index contributed by atoms with van der Waals surface area (Å²) < 4.78 is 11.4. The van der Waals surface area contributed by atoms with Crippen molar-refractivity contribution in [3.05, 3.63) is 23.4 Å². The maximum atomic E-state index is 12.1. The topological polar surface area (TPSA) is 48.4 Å². The highest BCUT2D eigenvalue weighted by molar-refractivity contribution is 14.1. The Morgan fingerprint density at radius 1 is 1.48 bits per heavy atom. The van der Waals surface area contributed by atoms with E-state index in [0.29, 0.717) is 28.1 Å². The van der Waals surface area contributed by atoms with E-state index < -0.39 is 0 Å². The summed E-state index contributed by atoms with van der Waals surface area (Å²) in [4.78, 5) is 16.7. The number of ether oxygens (including phenoxy) is 2. The summed E-state index contributed by atoms with van der Waals surface area (Å²) >= 11 is 2.47. The van der Waals surface area contributed by atoms with Gasteiger partial charge in [0, 0.05) is 17.2 Å². The van der Waals surface area contributed by atoms with Crippen molar-refractivity contribution in [3.63, 3.8) is 0 Å². The van der Waals surface area contributed by atoms with Crippen LogP contribution < -0.4 is 4.74 Å². The van der Waals surface area contributed by atoms with Crippen molar-refractivity contribution in [3.8, 4) is 5.88 Å². The minimum atomic E-state index is -0.149. The molecule has 0 N–H and O–H groups in total. The molecule has 0 amide bonds. The number of nitrogens with zero attached hydrogens (tertiary/aromatic N) is 1. The quantitative estimate of drug-likeness (QED) is 0.414. The molecule has 4 rings (SSSR count). The zero-order chi connectivity index (χ0) is 14.8. The van der Waals surface area contributed by atoms with E-state index in [2.05, 4.69) is 40.6 Å². The van der Waals surface area contributed by atoms with Gasteiger partial charge in [-0.1, -0.05) is 35.6 Å². The van der Waals surface area contributed by atoms with Crippen molar-refractivity contribution >= 4 is 28.6 Å². The zero-order valence-electron chi connectivity index (χ0n) is 12.1. The van der Waals surface area contributed by atoms with E-state index in [1.807, 2.05) is 6.07 Å². The fourth-order valence-electron chi connectivity index (χ4n) is 4.58. The van der Waals surface area contributed by atoms with E-state index >= 15 is 0 Å². The van der Waals surface area contributed by atoms with Gasteiger partial charge in [-0.15, -0.1) is 0 Å². The molecule has 2 fully saturated rings. The molecule has 0 radical (unpaired) electrons. The highest BCUT2D eigenvalue weighted by Gasteiger charge is 2.64. The van der Waals surface area contributed by atoms with Crippen LogP contribution in [0.4, 0.5) is 0 Å². The van der Waals surface area contributed by atoms with E-state index in [1.54, 1.807) is 7.11 Å². The third kappa shape index (κ3) is 1.72. The first-order valence-corrected chi connectivity index (χ1v) is 8.68. The molecule has 4 nitrogen and oxygen atoms in total. The average molecular weight is 399 g/mol. The molecule has 5 heteroatoms. The largest absolute Gasteiger partial charge is 0.481 e. The highest BCUT2D eigenvalue weighted by atomic mass is 127. The van der Waals surface area contributed by atoms with Crippen molar-refractivity contribution in [2.75, 3.05) is 7.11 Å². The fraction of sp³-hybridized carbons (Fsp3) is 0.625. The molecule has 3 aliphatic rings. The van der Waals surface area contributed by atoms with Crippen LogP contribution >= 0.6 is 22.6 Å². The number of fused-ring (bicyclic) bond motifs is 1. The molecule has 21 heavy (non-hydrogen) atoms. The SMILES string of the molecule is COc1ccc2c(n1)C[C@H]1C[C@H](C)[C@@H](I)[C@@H]3OC(=O)C[C@]213. The number of hydrogen-bond acceptors (Lipinski definition) is 4. The summed E-state index contributed by atoms with van der Waals surface area (Å²) in [6, 6.07) is 4.02. The van der Waals surface area contributed by atoms with Gasteiger partial charge in [-0.2, -0.15) is 0 Å². The number of aromatic nitrogens is 1. The average Bonchev–Trinajstić information content (AvgIpc) is 2.97. The van der Waals surface area contributed by atoms with Crippen LogP contribution in [-0.2, 0) is 21.4 Å². The summed E-state index contributed by atoms with van der Waals surface area (Å²) in [6.45, 7) is 2.27. The molecule has 0 aromatic carbocycles. The predicted molar refractivity (Wildman–Crippen MR) is 85.7 cm³/mol. The first kappa shape index (κ1) is 13.8. The van der Waals surface area contributed by atoms with Gasteiger partial charge in [0.05, 0.1) is 17.5 Å². The monoisotopic (exact) mass is 399 g/mol. The number of rotatable bonds is 1. The molecule has 1 saturated heterocycles. The first-order valence-electron chi connectivity index (χ1n) is 7.44. The molecule has 1 aromatic heterocycles. The van der Waals surface area contributed by atoms with Gasteiger partial charge >= 0.3 is 5.97 Å². The van der Waals surface area contributed by atoms with Crippen molar-refractivity contribution in [2.45, 2.75) is 41.6 Å². The molecule has 2 aliphatic carbocycles. The van der Waals surface area contributed by atoms with E-state index in [9.17, 15) is 4.79 Å². The third-order valence-electron chi connectivity index (χ3n) is 5.52. The third-order valence-corrected chi connectivity index (χ3v) is 7.40. The normalized spacial score (nSPS) is 40.2. The van der Waals surface area contributed by atoms with Crippen LogP contribution in [0, 0.1) is 11.8 Å². The van der Waals surface area contributed by atoms with Gasteiger partial charge in [0.1, 0.15) is 6.10 Å². The number of hydrogen-bond donors (Lipinski definition) is 0. The molecule has 1 saturated carbocycles. The highest BCUT2D eigenvalue weighted by Crippen LogP contribution is 2.59. The minimum Gasteiger partial charge on any atom is -0.481 e.